The molecule has 0 heterocycles. The fourth-order valence-electron chi connectivity index (χ4n) is 6.25. The van der Waals surface area contributed by atoms with Crippen LogP contribution in [0.4, 0.5) is 0 Å². The van der Waals surface area contributed by atoms with Crippen LogP contribution in [-0.4, -0.2) is 47.4 Å². The molecule has 4 unspecified atom stereocenters. The summed E-state index contributed by atoms with van der Waals surface area (Å²) in [5, 5.41) is 23.8. The zero-order chi connectivity index (χ0) is 27.6. The highest BCUT2D eigenvalue weighted by atomic mass is 16.5. The highest BCUT2D eigenvalue weighted by Crippen LogP contribution is 2.48. The maximum atomic E-state index is 12.3. The first-order valence-electron chi connectivity index (χ1n) is 14.5. The SMILES string of the molecule is CCCCCC(O)CCC1C2Cc3cccc(OCC(=O)NCC(=O)OCc4ccccc4)c3CC2C[C@H]1O. The topological polar surface area (TPSA) is 105 Å². The summed E-state index contributed by atoms with van der Waals surface area (Å²) >= 11 is 0. The number of benzene rings is 2. The van der Waals surface area contributed by atoms with Gasteiger partial charge < -0.3 is 25.0 Å². The van der Waals surface area contributed by atoms with Crippen molar-refractivity contribution in [2.45, 2.75) is 83.5 Å². The van der Waals surface area contributed by atoms with E-state index in [0.29, 0.717) is 17.6 Å². The van der Waals surface area contributed by atoms with Crippen LogP contribution in [0.2, 0.25) is 0 Å². The van der Waals surface area contributed by atoms with Gasteiger partial charge in [-0.15, -0.1) is 0 Å². The van der Waals surface area contributed by atoms with Gasteiger partial charge in [0.2, 0.25) is 0 Å². The first-order chi connectivity index (χ1) is 18.9. The average Bonchev–Trinajstić information content (AvgIpc) is 3.25. The molecule has 0 spiro atoms. The minimum atomic E-state index is -0.502. The van der Waals surface area contributed by atoms with Gasteiger partial charge in [0.25, 0.3) is 5.91 Å². The fourth-order valence-corrected chi connectivity index (χ4v) is 6.25. The number of fused-ring (bicyclic) bond motifs is 2. The van der Waals surface area contributed by atoms with Crippen LogP contribution in [0.5, 0.6) is 5.75 Å². The van der Waals surface area contributed by atoms with Gasteiger partial charge in [0.1, 0.15) is 18.9 Å². The van der Waals surface area contributed by atoms with Crippen LogP contribution in [-0.2, 0) is 33.8 Å². The van der Waals surface area contributed by atoms with Crippen molar-refractivity contribution >= 4 is 11.9 Å². The molecule has 0 radical (unpaired) electrons. The highest BCUT2D eigenvalue weighted by molar-refractivity contribution is 5.82. The number of aliphatic hydroxyl groups is 2. The lowest BCUT2D eigenvalue weighted by atomic mass is 9.73. The Morgan fingerprint density at radius 1 is 1.05 bits per heavy atom. The summed E-state index contributed by atoms with van der Waals surface area (Å²) < 4.78 is 11.1. The largest absolute Gasteiger partial charge is 0.483 e. The standard InChI is InChI=1S/C32H43NO6/c1-2-3-5-12-25(34)14-15-26-27-16-23-11-8-13-30(28(23)17-24(27)18-29(26)35)38-21-31(36)33-19-32(37)39-20-22-9-6-4-7-10-22/h4,6-11,13,24-27,29,34-35H,2-3,5,12,14-21H2,1H3,(H,33,36)/t24?,25?,26?,27?,29-/m1/s1. The molecule has 2 aliphatic rings. The van der Waals surface area contributed by atoms with Gasteiger partial charge in [-0.05, 0) is 79.0 Å². The van der Waals surface area contributed by atoms with Gasteiger partial charge in [0.05, 0.1) is 12.2 Å². The highest BCUT2D eigenvalue weighted by Gasteiger charge is 2.44. The second-order valence-corrected chi connectivity index (χ2v) is 11.1. The number of nitrogens with one attached hydrogen (secondary N) is 1. The van der Waals surface area contributed by atoms with Gasteiger partial charge in [-0.3, -0.25) is 9.59 Å². The second kappa shape index (κ2) is 14.5. The van der Waals surface area contributed by atoms with E-state index in [1.165, 1.54) is 5.56 Å². The summed E-state index contributed by atoms with van der Waals surface area (Å²) in [4.78, 5) is 24.3. The number of amides is 1. The first kappa shape index (κ1) is 29.1. The summed E-state index contributed by atoms with van der Waals surface area (Å²) in [5.41, 5.74) is 3.21. The van der Waals surface area contributed by atoms with Gasteiger partial charge >= 0.3 is 5.97 Å². The van der Waals surface area contributed by atoms with Crippen LogP contribution >= 0.6 is 0 Å². The average molecular weight is 538 g/mol. The smallest absolute Gasteiger partial charge is 0.325 e. The van der Waals surface area contributed by atoms with E-state index in [2.05, 4.69) is 18.3 Å². The number of ether oxygens (including phenoxy) is 2. The summed E-state index contributed by atoms with van der Waals surface area (Å²) in [6.07, 6.45) is 7.65. The van der Waals surface area contributed by atoms with Crippen molar-refractivity contribution in [3.8, 4) is 5.75 Å². The molecule has 212 valence electrons. The Morgan fingerprint density at radius 3 is 2.67 bits per heavy atom. The van der Waals surface area contributed by atoms with Crippen LogP contribution in [0.15, 0.2) is 48.5 Å². The zero-order valence-corrected chi connectivity index (χ0v) is 23.0. The summed E-state index contributed by atoms with van der Waals surface area (Å²) in [6, 6.07) is 15.3. The van der Waals surface area contributed by atoms with Gasteiger partial charge in [-0.25, -0.2) is 0 Å². The van der Waals surface area contributed by atoms with Gasteiger partial charge in [-0.2, -0.15) is 0 Å². The number of hydrogen-bond acceptors (Lipinski definition) is 6. The van der Waals surface area contributed by atoms with E-state index >= 15 is 0 Å². The van der Waals surface area contributed by atoms with Gasteiger partial charge in [0, 0.05) is 0 Å². The maximum Gasteiger partial charge on any atom is 0.325 e. The lowest BCUT2D eigenvalue weighted by Crippen LogP contribution is -2.34. The lowest BCUT2D eigenvalue weighted by Gasteiger charge is -2.32. The van der Waals surface area contributed by atoms with Crippen molar-refractivity contribution in [1.82, 2.24) is 5.32 Å². The predicted molar refractivity (Wildman–Crippen MR) is 149 cm³/mol. The quantitative estimate of drug-likeness (QED) is 0.244. The minimum absolute atomic E-state index is 0.166. The second-order valence-electron chi connectivity index (χ2n) is 11.1. The normalized spacial score (nSPS) is 22.4. The Morgan fingerprint density at radius 2 is 1.87 bits per heavy atom. The molecule has 39 heavy (non-hydrogen) atoms. The molecule has 0 saturated heterocycles. The molecule has 2 aliphatic carbocycles. The number of rotatable bonds is 14. The summed E-state index contributed by atoms with van der Waals surface area (Å²) in [7, 11) is 0. The van der Waals surface area contributed by atoms with Crippen LogP contribution in [0, 0.1) is 17.8 Å². The minimum Gasteiger partial charge on any atom is -0.483 e. The number of carbonyl (C=O) groups excluding carboxylic acids is 2. The number of esters is 1. The molecule has 3 N–H and O–H groups in total. The van der Waals surface area contributed by atoms with Crippen LogP contribution in [0.1, 0.15) is 68.6 Å². The zero-order valence-electron chi connectivity index (χ0n) is 23.0. The van der Waals surface area contributed by atoms with E-state index in [1.807, 2.05) is 42.5 Å². The van der Waals surface area contributed by atoms with E-state index in [9.17, 15) is 19.8 Å². The Bertz CT molecular complexity index is 1070. The van der Waals surface area contributed by atoms with E-state index in [0.717, 1.165) is 68.9 Å². The Hall–Kier alpha value is -2.90. The third-order valence-electron chi connectivity index (χ3n) is 8.35. The Balaban J connectivity index is 1.24. The van der Waals surface area contributed by atoms with Crippen molar-refractivity contribution in [1.29, 1.82) is 0 Å². The van der Waals surface area contributed by atoms with Crippen molar-refractivity contribution in [3.05, 3.63) is 65.2 Å². The number of aliphatic hydroxyl groups excluding tert-OH is 2. The molecule has 0 bridgehead atoms. The van der Waals surface area contributed by atoms with Crippen molar-refractivity contribution in [2.75, 3.05) is 13.2 Å². The molecule has 7 heteroatoms. The number of hydrogen-bond donors (Lipinski definition) is 3. The molecule has 5 atom stereocenters. The summed E-state index contributed by atoms with van der Waals surface area (Å²) in [6.45, 7) is 1.94. The van der Waals surface area contributed by atoms with Crippen molar-refractivity contribution in [3.63, 3.8) is 0 Å². The van der Waals surface area contributed by atoms with Gasteiger partial charge in [0.15, 0.2) is 6.61 Å². The van der Waals surface area contributed by atoms with E-state index < -0.39 is 5.97 Å². The van der Waals surface area contributed by atoms with Crippen LogP contribution in [0.25, 0.3) is 0 Å². The first-order valence-corrected chi connectivity index (χ1v) is 14.5. The molecule has 2 aromatic carbocycles. The number of unbranched alkanes of at least 4 members (excludes halogenated alkanes) is 2. The molecule has 1 saturated carbocycles. The lowest BCUT2D eigenvalue weighted by molar-refractivity contribution is -0.145. The van der Waals surface area contributed by atoms with Crippen LogP contribution in [0.3, 0.4) is 0 Å². The van der Waals surface area contributed by atoms with E-state index in [1.54, 1.807) is 0 Å². The molecular formula is C32H43NO6. The van der Waals surface area contributed by atoms with Crippen LogP contribution < -0.4 is 10.1 Å². The molecule has 0 aromatic heterocycles. The Labute approximate surface area is 231 Å². The fraction of sp³-hybridized carbons (Fsp3) is 0.562. The molecule has 0 aliphatic heterocycles. The molecule has 4 rings (SSSR count). The molecule has 2 aromatic rings. The third-order valence-corrected chi connectivity index (χ3v) is 8.35. The third kappa shape index (κ3) is 8.29. The van der Waals surface area contributed by atoms with Gasteiger partial charge in [-0.1, -0.05) is 68.7 Å². The van der Waals surface area contributed by atoms with E-state index in [-0.39, 0.29) is 43.8 Å². The molecule has 7 nitrogen and oxygen atoms in total. The molecule has 1 amide bonds. The maximum absolute atomic E-state index is 12.3. The van der Waals surface area contributed by atoms with Crippen molar-refractivity contribution < 1.29 is 29.3 Å². The van der Waals surface area contributed by atoms with Crippen molar-refractivity contribution in [2.24, 2.45) is 17.8 Å². The summed E-state index contributed by atoms with van der Waals surface area (Å²) in [5.74, 6) is 0.784. The molecule has 1 fully saturated rings. The monoisotopic (exact) mass is 537 g/mol. The predicted octanol–water partition coefficient (Wildman–Crippen LogP) is 4.36. The van der Waals surface area contributed by atoms with E-state index in [4.69, 9.17) is 9.47 Å². The molecular weight excluding hydrogens is 494 g/mol. The Kier molecular flexibility index (Phi) is 10.8. The number of carbonyl (C=O) groups is 2.